The van der Waals surface area contributed by atoms with Crippen molar-refractivity contribution in [3.63, 3.8) is 0 Å². The van der Waals surface area contributed by atoms with Crippen molar-refractivity contribution in [2.24, 2.45) is 0 Å². The second kappa shape index (κ2) is 5.90. The van der Waals surface area contributed by atoms with E-state index in [9.17, 15) is 0 Å². The van der Waals surface area contributed by atoms with E-state index in [1.807, 2.05) is 7.05 Å². The summed E-state index contributed by atoms with van der Waals surface area (Å²) in [7, 11) is 2.01. The quantitative estimate of drug-likeness (QED) is 0.918. The van der Waals surface area contributed by atoms with Crippen molar-refractivity contribution in [3.8, 4) is 5.75 Å². The Morgan fingerprint density at radius 1 is 1.33 bits per heavy atom. The van der Waals surface area contributed by atoms with Gasteiger partial charge in [-0.2, -0.15) is 5.10 Å². The average Bonchev–Trinajstić information content (AvgIpc) is 3.13. The number of aryl methyl sites for hydroxylation is 2. The van der Waals surface area contributed by atoms with Crippen LogP contribution in [0.4, 0.5) is 0 Å². The minimum Gasteiger partial charge on any atom is -0.493 e. The first-order valence-corrected chi connectivity index (χ1v) is 7.76. The van der Waals surface area contributed by atoms with E-state index >= 15 is 0 Å². The van der Waals surface area contributed by atoms with Gasteiger partial charge in [0.05, 0.1) is 24.0 Å². The van der Waals surface area contributed by atoms with E-state index in [4.69, 9.17) is 4.74 Å². The molecule has 1 aromatic heterocycles. The van der Waals surface area contributed by atoms with Gasteiger partial charge in [0.2, 0.25) is 0 Å². The van der Waals surface area contributed by atoms with Gasteiger partial charge in [0, 0.05) is 13.0 Å². The third-order valence-corrected chi connectivity index (χ3v) is 4.15. The Hall–Kier alpha value is -1.81. The van der Waals surface area contributed by atoms with Crippen LogP contribution in [0, 0.1) is 0 Å². The molecule has 1 N–H and O–H groups in total. The largest absolute Gasteiger partial charge is 0.493 e. The van der Waals surface area contributed by atoms with Gasteiger partial charge in [0.25, 0.3) is 0 Å². The molecule has 0 amide bonds. The van der Waals surface area contributed by atoms with Gasteiger partial charge in [0.15, 0.2) is 0 Å². The van der Waals surface area contributed by atoms with Crippen molar-refractivity contribution in [1.82, 2.24) is 15.1 Å². The molecule has 0 aliphatic carbocycles. The van der Waals surface area contributed by atoms with Crippen LogP contribution in [0.3, 0.4) is 0 Å². The molecule has 3 rings (SSSR count). The highest BCUT2D eigenvalue weighted by atomic mass is 16.5. The maximum absolute atomic E-state index is 5.60. The number of benzene rings is 1. The Bertz CT molecular complexity index is 633. The van der Waals surface area contributed by atoms with Gasteiger partial charge in [-0.05, 0) is 43.7 Å². The number of hydrogen-bond donors (Lipinski definition) is 1. The molecule has 112 valence electrons. The summed E-state index contributed by atoms with van der Waals surface area (Å²) in [6.07, 6.45) is 1.97. The normalized spacial score (nSPS) is 14.8. The molecule has 0 radical (unpaired) electrons. The molecule has 1 aliphatic rings. The second-order valence-corrected chi connectivity index (χ2v) is 5.42. The van der Waals surface area contributed by atoms with Crippen molar-refractivity contribution in [2.45, 2.75) is 39.3 Å². The topological polar surface area (TPSA) is 39.1 Å². The molecular weight excluding hydrogens is 262 g/mol. The van der Waals surface area contributed by atoms with Gasteiger partial charge < -0.3 is 10.1 Å². The molecule has 1 atom stereocenters. The fraction of sp³-hybridized carbons (Fsp3) is 0.471. The van der Waals surface area contributed by atoms with E-state index in [0.29, 0.717) is 0 Å². The monoisotopic (exact) mass is 285 g/mol. The first kappa shape index (κ1) is 14.1. The third-order valence-electron chi connectivity index (χ3n) is 4.15. The van der Waals surface area contributed by atoms with Gasteiger partial charge >= 0.3 is 0 Å². The Morgan fingerprint density at radius 3 is 2.90 bits per heavy atom. The van der Waals surface area contributed by atoms with Gasteiger partial charge in [-0.1, -0.05) is 19.1 Å². The van der Waals surface area contributed by atoms with Crippen LogP contribution in [0.5, 0.6) is 5.75 Å². The molecule has 21 heavy (non-hydrogen) atoms. The van der Waals surface area contributed by atoms with Gasteiger partial charge in [-0.25, -0.2) is 0 Å². The lowest BCUT2D eigenvalue weighted by molar-refractivity contribution is 0.357. The first-order chi connectivity index (χ1) is 10.3. The standard InChI is InChI=1S/C17H23N3O/c1-4-14-11-15(20(5-2)19-14)17(18-3)13-6-7-16-12(10-13)8-9-21-16/h6-7,10-11,17-18H,4-5,8-9H2,1-3H3. The Kier molecular flexibility index (Phi) is 3.97. The molecule has 2 heterocycles. The van der Waals surface area contributed by atoms with Crippen molar-refractivity contribution in [3.05, 3.63) is 46.8 Å². The SMILES string of the molecule is CCc1cc(C(NC)c2ccc3c(c2)CCO3)n(CC)n1. The predicted octanol–water partition coefficient (Wildman–Crippen LogP) is 2.71. The Balaban J connectivity index is 2.00. The van der Waals surface area contributed by atoms with Crippen molar-refractivity contribution >= 4 is 0 Å². The molecule has 0 bridgehead atoms. The smallest absolute Gasteiger partial charge is 0.122 e. The molecule has 0 saturated carbocycles. The van der Waals surface area contributed by atoms with Crippen LogP contribution in [0.1, 0.15) is 42.4 Å². The molecular formula is C17H23N3O. The van der Waals surface area contributed by atoms with E-state index in [1.165, 1.54) is 16.8 Å². The van der Waals surface area contributed by atoms with Crippen LogP contribution in [0.15, 0.2) is 24.3 Å². The lowest BCUT2D eigenvalue weighted by Gasteiger charge is -2.18. The summed E-state index contributed by atoms with van der Waals surface area (Å²) in [6.45, 7) is 5.98. The zero-order chi connectivity index (χ0) is 14.8. The minimum atomic E-state index is 0.170. The molecule has 4 heteroatoms. The number of aromatic nitrogens is 2. The average molecular weight is 285 g/mol. The number of nitrogens with zero attached hydrogens (tertiary/aromatic N) is 2. The summed E-state index contributed by atoms with van der Waals surface area (Å²) in [4.78, 5) is 0. The fourth-order valence-corrected chi connectivity index (χ4v) is 3.02. The number of nitrogens with one attached hydrogen (secondary N) is 1. The lowest BCUT2D eigenvalue weighted by atomic mass is 10.00. The highest BCUT2D eigenvalue weighted by Crippen LogP contribution is 2.30. The summed E-state index contributed by atoms with van der Waals surface area (Å²) < 4.78 is 7.70. The summed E-state index contributed by atoms with van der Waals surface area (Å²) >= 11 is 0. The van der Waals surface area contributed by atoms with E-state index in [-0.39, 0.29) is 6.04 Å². The van der Waals surface area contributed by atoms with Gasteiger partial charge in [0.1, 0.15) is 5.75 Å². The highest BCUT2D eigenvalue weighted by molar-refractivity contribution is 5.42. The van der Waals surface area contributed by atoms with Crippen molar-refractivity contribution < 1.29 is 4.74 Å². The summed E-state index contributed by atoms with van der Waals surface area (Å²) in [5.74, 6) is 1.03. The van der Waals surface area contributed by atoms with Crippen LogP contribution < -0.4 is 10.1 Å². The van der Waals surface area contributed by atoms with Crippen molar-refractivity contribution in [2.75, 3.05) is 13.7 Å². The maximum atomic E-state index is 5.60. The van der Waals surface area contributed by atoms with Gasteiger partial charge in [-0.15, -0.1) is 0 Å². The van der Waals surface area contributed by atoms with Crippen LogP contribution in [-0.4, -0.2) is 23.4 Å². The first-order valence-electron chi connectivity index (χ1n) is 7.76. The fourth-order valence-electron chi connectivity index (χ4n) is 3.02. The molecule has 1 aromatic carbocycles. The minimum absolute atomic E-state index is 0.170. The molecule has 2 aromatic rings. The molecule has 0 spiro atoms. The molecule has 0 fully saturated rings. The van der Waals surface area contributed by atoms with Crippen LogP contribution in [0.25, 0.3) is 0 Å². The van der Waals surface area contributed by atoms with Crippen molar-refractivity contribution in [1.29, 1.82) is 0 Å². The molecule has 0 saturated heterocycles. The highest BCUT2D eigenvalue weighted by Gasteiger charge is 2.20. The number of hydrogen-bond acceptors (Lipinski definition) is 3. The molecule has 1 unspecified atom stereocenters. The van der Waals surface area contributed by atoms with Crippen LogP contribution in [0.2, 0.25) is 0 Å². The van der Waals surface area contributed by atoms with E-state index < -0.39 is 0 Å². The molecule has 1 aliphatic heterocycles. The summed E-state index contributed by atoms with van der Waals surface area (Å²) in [5, 5.41) is 8.10. The van der Waals surface area contributed by atoms with E-state index in [0.717, 1.165) is 37.4 Å². The van der Waals surface area contributed by atoms with E-state index in [2.05, 4.69) is 53.2 Å². The van der Waals surface area contributed by atoms with Gasteiger partial charge in [-0.3, -0.25) is 4.68 Å². The zero-order valence-electron chi connectivity index (χ0n) is 13.0. The summed E-state index contributed by atoms with van der Waals surface area (Å²) in [6, 6.07) is 8.90. The van der Waals surface area contributed by atoms with E-state index in [1.54, 1.807) is 0 Å². The summed E-state index contributed by atoms with van der Waals surface area (Å²) in [5.41, 5.74) is 4.97. The molecule has 4 nitrogen and oxygen atoms in total. The Morgan fingerprint density at radius 2 is 2.19 bits per heavy atom. The lowest BCUT2D eigenvalue weighted by Crippen LogP contribution is -2.21. The predicted molar refractivity (Wildman–Crippen MR) is 83.8 cm³/mol. The van der Waals surface area contributed by atoms with Crippen LogP contribution in [-0.2, 0) is 19.4 Å². The number of fused-ring (bicyclic) bond motifs is 1. The Labute approximate surface area is 126 Å². The zero-order valence-corrected chi connectivity index (χ0v) is 13.0. The number of ether oxygens (including phenoxy) is 1. The third kappa shape index (κ3) is 2.56. The number of rotatable bonds is 5. The second-order valence-electron chi connectivity index (χ2n) is 5.42. The maximum Gasteiger partial charge on any atom is 0.122 e. The van der Waals surface area contributed by atoms with Crippen LogP contribution >= 0.6 is 0 Å².